The topological polar surface area (TPSA) is 82.5 Å². The second-order valence-corrected chi connectivity index (χ2v) is 9.90. The number of aromatic carboxylic acids is 1. The Balaban J connectivity index is 1.30. The van der Waals surface area contributed by atoms with E-state index in [4.69, 9.17) is 4.98 Å². The molecule has 1 aliphatic heterocycles. The Labute approximate surface area is 217 Å². The molecule has 1 aromatic heterocycles. The molecule has 3 aromatic carbocycles. The van der Waals surface area contributed by atoms with Gasteiger partial charge in [0.05, 0.1) is 17.5 Å². The summed E-state index contributed by atoms with van der Waals surface area (Å²) < 4.78 is 0. The molecule has 188 valence electrons. The smallest absolute Gasteiger partial charge is 0.336 e. The van der Waals surface area contributed by atoms with Gasteiger partial charge in [-0.3, -0.25) is 4.79 Å². The van der Waals surface area contributed by atoms with E-state index < -0.39 is 5.97 Å². The Morgan fingerprint density at radius 2 is 1.68 bits per heavy atom. The molecule has 2 heterocycles. The number of hydrogen-bond donors (Lipinski definition) is 2. The van der Waals surface area contributed by atoms with Crippen LogP contribution in [0.2, 0.25) is 0 Å². The average molecular weight is 494 g/mol. The van der Waals surface area contributed by atoms with Crippen molar-refractivity contribution in [3.8, 4) is 0 Å². The fraction of sp³-hybridized carbons (Fsp3) is 0.258. The van der Waals surface area contributed by atoms with E-state index in [1.54, 1.807) is 24.3 Å². The van der Waals surface area contributed by atoms with E-state index >= 15 is 0 Å². The molecular formula is C31H31N3O3. The van der Waals surface area contributed by atoms with Crippen molar-refractivity contribution in [1.29, 1.82) is 0 Å². The molecule has 0 aliphatic carbocycles. The maximum absolute atomic E-state index is 12.6. The number of anilines is 2. The van der Waals surface area contributed by atoms with Crippen LogP contribution in [0.15, 0.2) is 78.9 Å². The van der Waals surface area contributed by atoms with Crippen LogP contribution in [0, 0.1) is 12.8 Å². The Morgan fingerprint density at radius 3 is 2.38 bits per heavy atom. The third-order valence-corrected chi connectivity index (χ3v) is 7.10. The van der Waals surface area contributed by atoms with Crippen molar-refractivity contribution in [3.63, 3.8) is 0 Å². The highest BCUT2D eigenvalue weighted by molar-refractivity contribution is 6.05. The maximum atomic E-state index is 12.6. The predicted molar refractivity (Wildman–Crippen MR) is 147 cm³/mol. The third kappa shape index (κ3) is 5.97. The van der Waals surface area contributed by atoms with Crippen molar-refractivity contribution in [2.75, 3.05) is 23.3 Å². The van der Waals surface area contributed by atoms with Crippen LogP contribution >= 0.6 is 0 Å². The first-order chi connectivity index (χ1) is 17.9. The number of aryl methyl sites for hydroxylation is 1. The number of hydrogen-bond acceptors (Lipinski definition) is 4. The molecule has 2 N–H and O–H groups in total. The van der Waals surface area contributed by atoms with Gasteiger partial charge >= 0.3 is 5.97 Å². The summed E-state index contributed by atoms with van der Waals surface area (Å²) in [7, 11) is 0. The molecule has 6 nitrogen and oxygen atoms in total. The van der Waals surface area contributed by atoms with Crippen LogP contribution < -0.4 is 10.2 Å². The fourth-order valence-corrected chi connectivity index (χ4v) is 5.04. The van der Waals surface area contributed by atoms with E-state index in [1.165, 1.54) is 5.56 Å². The zero-order valence-electron chi connectivity index (χ0n) is 21.0. The standard InChI is InChI=1S/C31H31N3O3/c1-21-7-9-23(10-8-21)18-30(35)32-25-11-12-28-26(19-25)27(31(36)37)20-29(33-28)34-15-13-24(14-16-34)17-22-5-3-2-4-6-22/h2-12,19-20,24H,13-18H2,1H3,(H,32,35)(H,36,37). The minimum atomic E-state index is -1.00. The predicted octanol–water partition coefficient (Wildman–Crippen LogP) is 5.88. The van der Waals surface area contributed by atoms with E-state index in [0.29, 0.717) is 28.3 Å². The zero-order chi connectivity index (χ0) is 25.8. The lowest BCUT2D eigenvalue weighted by Gasteiger charge is -2.33. The first-order valence-electron chi connectivity index (χ1n) is 12.8. The number of carbonyl (C=O) groups is 2. The molecule has 37 heavy (non-hydrogen) atoms. The van der Waals surface area contributed by atoms with E-state index in [-0.39, 0.29) is 17.9 Å². The first kappa shape index (κ1) is 24.5. The summed E-state index contributed by atoms with van der Waals surface area (Å²) in [6, 6.07) is 25.3. The van der Waals surface area contributed by atoms with Gasteiger partial charge in [0.1, 0.15) is 5.82 Å². The molecule has 1 amide bonds. The van der Waals surface area contributed by atoms with E-state index in [0.717, 1.165) is 43.5 Å². The summed E-state index contributed by atoms with van der Waals surface area (Å²) in [4.78, 5) is 31.7. The number of benzene rings is 3. The van der Waals surface area contributed by atoms with E-state index in [1.807, 2.05) is 37.3 Å². The monoisotopic (exact) mass is 493 g/mol. The van der Waals surface area contributed by atoms with Crippen molar-refractivity contribution in [1.82, 2.24) is 4.98 Å². The molecule has 1 aliphatic rings. The number of nitrogens with zero attached hydrogens (tertiary/aromatic N) is 2. The van der Waals surface area contributed by atoms with Crippen molar-refractivity contribution in [3.05, 3.63) is 101 Å². The van der Waals surface area contributed by atoms with Crippen molar-refractivity contribution >= 4 is 34.3 Å². The fourth-order valence-electron chi connectivity index (χ4n) is 5.04. The van der Waals surface area contributed by atoms with Crippen LogP contribution in [0.25, 0.3) is 10.9 Å². The Kier molecular flexibility index (Phi) is 7.17. The number of pyridine rings is 1. The Hall–Kier alpha value is -4.19. The van der Waals surface area contributed by atoms with Gasteiger partial charge in [-0.2, -0.15) is 0 Å². The average Bonchev–Trinajstić information content (AvgIpc) is 2.90. The number of carboxylic acids is 1. The molecule has 0 atom stereocenters. The Bertz CT molecular complexity index is 1410. The molecule has 0 spiro atoms. The van der Waals surface area contributed by atoms with Gasteiger partial charge in [0.25, 0.3) is 0 Å². The highest BCUT2D eigenvalue weighted by atomic mass is 16.4. The van der Waals surface area contributed by atoms with Crippen molar-refractivity contribution < 1.29 is 14.7 Å². The number of aromatic nitrogens is 1. The van der Waals surface area contributed by atoms with Crippen LogP contribution in [0.3, 0.4) is 0 Å². The summed E-state index contributed by atoms with van der Waals surface area (Å²) in [5.41, 5.74) is 4.79. The number of amides is 1. The van der Waals surface area contributed by atoms with Gasteiger partial charge in [0.2, 0.25) is 5.91 Å². The van der Waals surface area contributed by atoms with Gasteiger partial charge in [-0.15, -0.1) is 0 Å². The molecule has 0 unspecified atom stereocenters. The lowest BCUT2D eigenvalue weighted by molar-refractivity contribution is -0.115. The van der Waals surface area contributed by atoms with Gasteiger partial charge in [-0.05, 0) is 67.5 Å². The van der Waals surface area contributed by atoms with Crippen LogP contribution in [0.5, 0.6) is 0 Å². The van der Waals surface area contributed by atoms with E-state index in [9.17, 15) is 14.7 Å². The number of carboxylic acid groups (broad SMARTS) is 1. The molecule has 5 rings (SSSR count). The van der Waals surface area contributed by atoms with Gasteiger partial charge in [0, 0.05) is 24.2 Å². The molecule has 0 saturated carbocycles. The van der Waals surface area contributed by atoms with Gasteiger partial charge in [0.15, 0.2) is 0 Å². The largest absolute Gasteiger partial charge is 0.478 e. The molecule has 6 heteroatoms. The molecule has 4 aromatic rings. The third-order valence-electron chi connectivity index (χ3n) is 7.10. The molecule has 0 bridgehead atoms. The molecular weight excluding hydrogens is 462 g/mol. The van der Waals surface area contributed by atoms with Crippen LogP contribution in [0.1, 0.15) is 39.9 Å². The SMILES string of the molecule is Cc1ccc(CC(=O)Nc2ccc3nc(N4CCC(Cc5ccccc5)CC4)cc(C(=O)O)c3c2)cc1. The van der Waals surface area contributed by atoms with Crippen molar-refractivity contribution in [2.24, 2.45) is 5.92 Å². The highest BCUT2D eigenvalue weighted by Crippen LogP contribution is 2.29. The summed E-state index contributed by atoms with van der Waals surface area (Å²) in [5, 5.41) is 13.4. The van der Waals surface area contributed by atoms with Crippen LogP contribution in [0.4, 0.5) is 11.5 Å². The van der Waals surface area contributed by atoms with Crippen LogP contribution in [-0.2, 0) is 17.6 Å². The summed E-state index contributed by atoms with van der Waals surface area (Å²) in [5.74, 6) is 0.155. The second-order valence-electron chi connectivity index (χ2n) is 9.90. The number of nitrogens with one attached hydrogen (secondary N) is 1. The summed E-state index contributed by atoms with van der Waals surface area (Å²) in [6.45, 7) is 3.71. The number of fused-ring (bicyclic) bond motifs is 1. The number of piperidine rings is 1. The lowest BCUT2D eigenvalue weighted by Crippen LogP contribution is -2.35. The minimum Gasteiger partial charge on any atom is -0.478 e. The summed E-state index contributed by atoms with van der Waals surface area (Å²) >= 11 is 0. The second kappa shape index (κ2) is 10.8. The first-order valence-corrected chi connectivity index (χ1v) is 12.8. The minimum absolute atomic E-state index is 0.150. The zero-order valence-corrected chi connectivity index (χ0v) is 21.0. The highest BCUT2D eigenvalue weighted by Gasteiger charge is 2.22. The Morgan fingerprint density at radius 1 is 0.946 bits per heavy atom. The van der Waals surface area contributed by atoms with Crippen LogP contribution in [-0.4, -0.2) is 35.1 Å². The lowest BCUT2D eigenvalue weighted by atomic mass is 9.90. The molecule has 1 fully saturated rings. The number of rotatable bonds is 7. The van der Waals surface area contributed by atoms with Crippen molar-refractivity contribution in [2.45, 2.75) is 32.6 Å². The number of carbonyl (C=O) groups excluding carboxylic acids is 1. The quantitative estimate of drug-likeness (QED) is 0.336. The molecule has 1 saturated heterocycles. The maximum Gasteiger partial charge on any atom is 0.336 e. The van der Waals surface area contributed by atoms with Gasteiger partial charge in [-0.25, -0.2) is 9.78 Å². The van der Waals surface area contributed by atoms with Gasteiger partial charge in [-0.1, -0.05) is 60.2 Å². The summed E-state index contributed by atoms with van der Waals surface area (Å²) in [6.07, 6.45) is 3.41. The van der Waals surface area contributed by atoms with E-state index in [2.05, 4.69) is 34.5 Å². The van der Waals surface area contributed by atoms with Gasteiger partial charge < -0.3 is 15.3 Å². The normalized spacial score (nSPS) is 14.0. The molecule has 0 radical (unpaired) electrons.